The molecule has 2 fully saturated rings. The second-order valence-electron chi connectivity index (χ2n) is 8.01. The van der Waals surface area contributed by atoms with Crippen molar-refractivity contribution in [2.24, 2.45) is 11.8 Å². The fourth-order valence-electron chi connectivity index (χ4n) is 4.05. The first-order valence-electron chi connectivity index (χ1n) is 9.86. The van der Waals surface area contributed by atoms with E-state index in [0.717, 1.165) is 32.3 Å². The molecule has 0 radical (unpaired) electrons. The Labute approximate surface area is 162 Å². The molecule has 27 heavy (non-hydrogen) atoms. The highest BCUT2D eigenvalue weighted by Crippen LogP contribution is 2.27. The van der Waals surface area contributed by atoms with Crippen LogP contribution in [0.5, 0.6) is 0 Å². The van der Waals surface area contributed by atoms with E-state index in [9.17, 15) is 13.2 Å². The molecule has 0 bridgehead atoms. The first kappa shape index (κ1) is 20.3. The van der Waals surface area contributed by atoms with Gasteiger partial charge in [-0.3, -0.25) is 4.79 Å². The Morgan fingerprint density at radius 2 is 1.85 bits per heavy atom. The number of piperidine rings is 1. The Hall–Kier alpha value is -1.44. The molecule has 1 aromatic carbocycles. The van der Waals surface area contributed by atoms with Gasteiger partial charge in [0.25, 0.3) is 0 Å². The third-order valence-electron chi connectivity index (χ3n) is 5.33. The largest absolute Gasteiger partial charge is 0.378 e. The summed E-state index contributed by atoms with van der Waals surface area (Å²) >= 11 is 0. The molecule has 0 saturated carbocycles. The predicted octanol–water partition coefficient (Wildman–Crippen LogP) is 3.25. The standard InChI is InChI=1S/C20H30N2O4S/c1-15-12-16(2)14-22(13-15)27(24,25)19-8-5-17(6-9-19)21-20(23)10-7-18-4-3-11-26-18/h5-6,8-9,15-16,18H,3-4,7,10-14H2,1-2H3,(H,21,23). The van der Waals surface area contributed by atoms with Crippen molar-refractivity contribution >= 4 is 21.6 Å². The summed E-state index contributed by atoms with van der Waals surface area (Å²) in [5.41, 5.74) is 0.617. The zero-order chi connectivity index (χ0) is 19.4. The number of ether oxygens (including phenoxy) is 1. The van der Waals surface area contributed by atoms with Gasteiger partial charge in [-0.05, 0) is 61.8 Å². The van der Waals surface area contributed by atoms with Crippen molar-refractivity contribution in [3.63, 3.8) is 0 Å². The third-order valence-corrected chi connectivity index (χ3v) is 7.17. The number of amides is 1. The molecular formula is C20H30N2O4S. The number of hydrogen-bond donors (Lipinski definition) is 1. The number of sulfonamides is 1. The van der Waals surface area contributed by atoms with Crippen LogP contribution in [0.15, 0.2) is 29.2 Å². The van der Waals surface area contributed by atoms with Gasteiger partial charge in [0, 0.05) is 31.8 Å². The molecule has 150 valence electrons. The van der Waals surface area contributed by atoms with Crippen molar-refractivity contribution in [1.82, 2.24) is 4.31 Å². The summed E-state index contributed by atoms with van der Waals surface area (Å²) in [6, 6.07) is 6.48. The predicted molar refractivity (Wildman–Crippen MR) is 105 cm³/mol. The second-order valence-corrected chi connectivity index (χ2v) is 9.95. The Kier molecular flexibility index (Phi) is 6.55. The Morgan fingerprint density at radius 3 is 2.44 bits per heavy atom. The molecule has 2 heterocycles. The highest BCUT2D eigenvalue weighted by atomic mass is 32.2. The average Bonchev–Trinajstić information content (AvgIpc) is 3.13. The van der Waals surface area contributed by atoms with Crippen molar-refractivity contribution in [2.75, 3.05) is 25.0 Å². The Balaban J connectivity index is 1.58. The van der Waals surface area contributed by atoms with Crippen LogP contribution < -0.4 is 5.32 Å². The summed E-state index contributed by atoms with van der Waals surface area (Å²) < 4.78 is 32.9. The number of carbonyl (C=O) groups excluding carboxylic acids is 1. The topological polar surface area (TPSA) is 75.7 Å². The molecule has 0 spiro atoms. The first-order chi connectivity index (χ1) is 12.8. The van der Waals surface area contributed by atoms with Gasteiger partial charge in [0.15, 0.2) is 0 Å². The van der Waals surface area contributed by atoms with E-state index in [1.165, 1.54) is 0 Å². The lowest BCUT2D eigenvalue weighted by molar-refractivity contribution is -0.116. The van der Waals surface area contributed by atoms with Crippen LogP contribution >= 0.6 is 0 Å². The second kappa shape index (κ2) is 8.71. The van der Waals surface area contributed by atoms with Crippen molar-refractivity contribution in [3.05, 3.63) is 24.3 Å². The third kappa shape index (κ3) is 5.30. The number of rotatable bonds is 6. The van der Waals surface area contributed by atoms with Gasteiger partial charge in [0.2, 0.25) is 15.9 Å². The monoisotopic (exact) mass is 394 g/mol. The van der Waals surface area contributed by atoms with Gasteiger partial charge in [-0.1, -0.05) is 13.8 Å². The quantitative estimate of drug-likeness (QED) is 0.804. The van der Waals surface area contributed by atoms with E-state index >= 15 is 0 Å². The van der Waals surface area contributed by atoms with E-state index in [-0.39, 0.29) is 16.9 Å². The van der Waals surface area contributed by atoms with Crippen molar-refractivity contribution in [3.8, 4) is 0 Å². The summed E-state index contributed by atoms with van der Waals surface area (Å²) in [7, 11) is -3.49. The van der Waals surface area contributed by atoms with Crippen LogP contribution in [0.2, 0.25) is 0 Å². The molecule has 6 nitrogen and oxygen atoms in total. The molecule has 0 aliphatic carbocycles. The smallest absolute Gasteiger partial charge is 0.243 e. The zero-order valence-electron chi connectivity index (χ0n) is 16.2. The number of carbonyl (C=O) groups is 1. The Morgan fingerprint density at radius 1 is 1.19 bits per heavy atom. The van der Waals surface area contributed by atoms with E-state index in [0.29, 0.717) is 37.0 Å². The molecule has 0 aromatic heterocycles. The molecule has 1 amide bonds. The SMILES string of the molecule is CC1CC(C)CN(S(=O)(=O)c2ccc(NC(=O)CCC3CCCO3)cc2)C1. The fourth-order valence-corrected chi connectivity index (χ4v) is 5.73. The number of nitrogens with one attached hydrogen (secondary N) is 1. The van der Waals surface area contributed by atoms with Gasteiger partial charge in [-0.2, -0.15) is 4.31 Å². The van der Waals surface area contributed by atoms with E-state index in [1.54, 1.807) is 28.6 Å². The Bertz CT molecular complexity index is 732. The van der Waals surface area contributed by atoms with E-state index in [4.69, 9.17) is 4.74 Å². The maximum atomic E-state index is 12.9. The average molecular weight is 395 g/mol. The van der Waals surface area contributed by atoms with Gasteiger partial charge < -0.3 is 10.1 Å². The van der Waals surface area contributed by atoms with Crippen LogP contribution in [-0.2, 0) is 19.6 Å². The van der Waals surface area contributed by atoms with Crippen LogP contribution in [0.3, 0.4) is 0 Å². The van der Waals surface area contributed by atoms with Crippen LogP contribution in [0, 0.1) is 11.8 Å². The van der Waals surface area contributed by atoms with Gasteiger partial charge in [-0.15, -0.1) is 0 Å². The van der Waals surface area contributed by atoms with Gasteiger partial charge in [0.05, 0.1) is 11.0 Å². The molecular weight excluding hydrogens is 364 g/mol. The minimum atomic E-state index is -3.49. The summed E-state index contributed by atoms with van der Waals surface area (Å²) in [6.45, 7) is 6.10. The summed E-state index contributed by atoms with van der Waals surface area (Å²) in [6.07, 6.45) is 4.48. The lowest BCUT2D eigenvalue weighted by atomic mass is 9.94. The molecule has 2 aliphatic rings. The highest BCUT2D eigenvalue weighted by Gasteiger charge is 2.31. The van der Waals surface area contributed by atoms with Crippen LogP contribution in [-0.4, -0.2) is 44.4 Å². The summed E-state index contributed by atoms with van der Waals surface area (Å²) in [5.74, 6) is 0.664. The van der Waals surface area contributed by atoms with Crippen LogP contribution in [0.1, 0.15) is 46.0 Å². The number of benzene rings is 1. The first-order valence-corrected chi connectivity index (χ1v) is 11.3. The zero-order valence-corrected chi connectivity index (χ0v) is 17.0. The molecule has 2 saturated heterocycles. The molecule has 3 atom stereocenters. The van der Waals surface area contributed by atoms with E-state index < -0.39 is 10.0 Å². The number of anilines is 1. The number of hydrogen-bond acceptors (Lipinski definition) is 4. The fraction of sp³-hybridized carbons (Fsp3) is 0.650. The van der Waals surface area contributed by atoms with Gasteiger partial charge in [0.1, 0.15) is 0 Å². The van der Waals surface area contributed by atoms with Gasteiger partial charge >= 0.3 is 0 Å². The van der Waals surface area contributed by atoms with Crippen LogP contribution in [0.25, 0.3) is 0 Å². The normalized spacial score (nSPS) is 26.8. The molecule has 3 rings (SSSR count). The molecule has 2 aliphatic heterocycles. The van der Waals surface area contributed by atoms with Crippen molar-refractivity contribution in [2.45, 2.75) is 57.0 Å². The van der Waals surface area contributed by atoms with Gasteiger partial charge in [-0.25, -0.2) is 8.42 Å². The van der Waals surface area contributed by atoms with Crippen LogP contribution in [0.4, 0.5) is 5.69 Å². The molecule has 1 aromatic rings. The van der Waals surface area contributed by atoms with Crippen molar-refractivity contribution < 1.29 is 17.9 Å². The van der Waals surface area contributed by atoms with Crippen molar-refractivity contribution in [1.29, 1.82) is 0 Å². The molecule has 7 heteroatoms. The van der Waals surface area contributed by atoms with E-state index in [2.05, 4.69) is 19.2 Å². The lowest BCUT2D eigenvalue weighted by Crippen LogP contribution is -2.42. The minimum absolute atomic E-state index is 0.0696. The molecule has 1 N–H and O–H groups in total. The summed E-state index contributed by atoms with van der Waals surface area (Å²) in [4.78, 5) is 12.4. The lowest BCUT2D eigenvalue weighted by Gasteiger charge is -2.34. The maximum absolute atomic E-state index is 12.9. The summed E-state index contributed by atoms with van der Waals surface area (Å²) in [5, 5.41) is 2.84. The minimum Gasteiger partial charge on any atom is -0.378 e. The highest BCUT2D eigenvalue weighted by molar-refractivity contribution is 7.89. The van der Waals surface area contributed by atoms with E-state index in [1.807, 2.05) is 0 Å². The number of nitrogens with zero attached hydrogens (tertiary/aromatic N) is 1. The maximum Gasteiger partial charge on any atom is 0.243 e. The molecule has 3 unspecified atom stereocenters.